The minimum atomic E-state index is -0.366. The van der Waals surface area contributed by atoms with Gasteiger partial charge in [0.15, 0.2) is 34.5 Å². The molecule has 0 bridgehead atoms. The lowest BCUT2D eigenvalue weighted by Gasteiger charge is -2.49. The third-order valence-corrected chi connectivity index (χ3v) is 9.59. The van der Waals surface area contributed by atoms with Crippen LogP contribution in [0.15, 0.2) is 66.7 Å². The molecule has 6 rings (SSSR count). The van der Waals surface area contributed by atoms with E-state index in [1.54, 1.807) is 40.5 Å². The van der Waals surface area contributed by atoms with Crippen LogP contribution in [-0.2, 0) is 25.7 Å². The number of quaternary nitrogens is 1. The highest BCUT2D eigenvalue weighted by Gasteiger charge is 2.34. The fourth-order valence-electron chi connectivity index (χ4n) is 6.87. The van der Waals surface area contributed by atoms with E-state index in [0.717, 1.165) is 40.8 Å². The van der Waals surface area contributed by atoms with E-state index in [-0.39, 0.29) is 28.2 Å². The Hall–Kier alpha value is -4.44. The van der Waals surface area contributed by atoms with E-state index >= 15 is 0 Å². The second-order valence-electron chi connectivity index (χ2n) is 12.5. The predicted octanol–water partition coefficient (Wildman–Crippen LogP) is 6.47. The van der Waals surface area contributed by atoms with Crippen LogP contribution in [0.2, 0.25) is 0 Å². The molecule has 3 atom stereocenters. The van der Waals surface area contributed by atoms with Gasteiger partial charge in [-0.2, -0.15) is 0 Å². The standard InChI is InChI=1S/C37H42N2O7/c1-38-14-12-25-19-34(43-3)33(41)21-28(25)30(38)16-24-8-11-32(40)35(18-24)46-27-9-6-23(7-10-27)17-31-29-22-37(45-5)36(44-4)20-26(29)13-15-39(31,2)42/h6-11,18-22,30-31,40-41H,12-17H2,1-5H3/t30-,31-,39+/m1/s1. The van der Waals surface area contributed by atoms with Gasteiger partial charge < -0.3 is 39.0 Å². The van der Waals surface area contributed by atoms with Crippen molar-refractivity contribution in [3.8, 4) is 40.2 Å². The third-order valence-electron chi connectivity index (χ3n) is 9.59. The molecule has 2 N–H and O–H groups in total. The molecule has 0 fully saturated rings. The van der Waals surface area contributed by atoms with Gasteiger partial charge in [-0.25, -0.2) is 0 Å². The van der Waals surface area contributed by atoms with Crippen LogP contribution in [-0.4, -0.2) is 68.3 Å². The van der Waals surface area contributed by atoms with Crippen molar-refractivity contribution in [3.63, 3.8) is 0 Å². The van der Waals surface area contributed by atoms with E-state index in [4.69, 9.17) is 18.9 Å². The van der Waals surface area contributed by atoms with Gasteiger partial charge in [0.25, 0.3) is 0 Å². The number of aromatic hydroxyl groups is 2. The highest BCUT2D eigenvalue weighted by Crippen LogP contribution is 2.43. The van der Waals surface area contributed by atoms with Crippen molar-refractivity contribution in [3.05, 3.63) is 105 Å². The lowest BCUT2D eigenvalue weighted by atomic mass is 9.88. The number of likely N-dealkylation sites (N-methyl/N-ethyl adjacent to an activating group) is 2. The van der Waals surface area contributed by atoms with Crippen LogP contribution >= 0.6 is 0 Å². The van der Waals surface area contributed by atoms with Crippen LogP contribution in [0.4, 0.5) is 0 Å². The van der Waals surface area contributed by atoms with Gasteiger partial charge in [-0.3, -0.25) is 4.90 Å². The summed E-state index contributed by atoms with van der Waals surface area (Å²) in [7, 11) is 8.61. The summed E-state index contributed by atoms with van der Waals surface area (Å²) in [5.41, 5.74) is 6.36. The molecule has 242 valence electrons. The molecule has 2 aliphatic heterocycles. The second-order valence-corrected chi connectivity index (χ2v) is 12.5. The third kappa shape index (κ3) is 6.18. The molecule has 9 nitrogen and oxygen atoms in total. The summed E-state index contributed by atoms with van der Waals surface area (Å²) in [5.74, 6) is 2.92. The molecule has 2 heterocycles. The lowest BCUT2D eigenvalue weighted by molar-refractivity contribution is -0.894. The molecule has 0 spiro atoms. The molecule has 2 aliphatic rings. The molecule has 4 aromatic rings. The maximum atomic E-state index is 13.6. The zero-order valence-corrected chi connectivity index (χ0v) is 27.1. The first kappa shape index (κ1) is 31.5. The molecule has 0 radical (unpaired) electrons. The summed E-state index contributed by atoms with van der Waals surface area (Å²) in [4.78, 5) is 2.28. The summed E-state index contributed by atoms with van der Waals surface area (Å²) < 4.78 is 22.2. The van der Waals surface area contributed by atoms with Gasteiger partial charge in [0.2, 0.25) is 0 Å². The molecule has 4 aromatic carbocycles. The minimum absolute atomic E-state index is 0.0494. The molecule has 0 aliphatic carbocycles. The Balaban J connectivity index is 1.19. The van der Waals surface area contributed by atoms with E-state index < -0.39 is 0 Å². The van der Waals surface area contributed by atoms with Crippen molar-refractivity contribution in [2.45, 2.75) is 37.8 Å². The van der Waals surface area contributed by atoms with Crippen molar-refractivity contribution >= 4 is 0 Å². The van der Waals surface area contributed by atoms with E-state index in [9.17, 15) is 15.4 Å². The number of phenolic OH excluding ortho intramolecular Hbond substituents is 2. The highest BCUT2D eigenvalue weighted by molar-refractivity contribution is 5.51. The normalized spacial score (nSPS) is 20.8. The quantitative estimate of drug-likeness (QED) is 0.161. The van der Waals surface area contributed by atoms with Crippen LogP contribution in [0.5, 0.6) is 40.2 Å². The van der Waals surface area contributed by atoms with Gasteiger partial charge in [-0.15, -0.1) is 0 Å². The Labute approximate surface area is 270 Å². The number of ether oxygens (including phenoxy) is 4. The van der Waals surface area contributed by atoms with Crippen molar-refractivity contribution in [2.75, 3.05) is 48.5 Å². The Bertz CT molecular complexity index is 1720. The van der Waals surface area contributed by atoms with E-state index in [1.807, 2.05) is 54.6 Å². The second kappa shape index (κ2) is 12.7. The zero-order chi connectivity index (χ0) is 32.6. The molecular weight excluding hydrogens is 584 g/mol. The zero-order valence-electron chi connectivity index (χ0n) is 27.1. The van der Waals surface area contributed by atoms with E-state index in [1.165, 1.54) is 5.56 Å². The first-order valence-electron chi connectivity index (χ1n) is 15.6. The van der Waals surface area contributed by atoms with E-state index in [0.29, 0.717) is 54.6 Å². The fraction of sp³-hybridized carbons (Fsp3) is 0.351. The monoisotopic (exact) mass is 626 g/mol. The number of benzene rings is 4. The first-order valence-corrected chi connectivity index (χ1v) is 15.6. The summed E-state index contributed by atoms with van der Waals surface area (Å²) in [5, 5.41) is 34.8. The number of nitrogens with zero attached hydrogens (tertiary/aromatic N) is 2. The van der Waals surface area contributed by atoms with Crippen molar-refractivity contribution in [1.29, 1.82) is 0 Å². The molecule has 46 heavy (non-hydrogen) atoms. The van der Waals surface area contributed by atoms with Crippen LogP contribution < -0.4 is 18.9 Å². The Morgan fingerprint density at radius 2 is 1.39 bits per heavy atom. The number of hydrogen-bond acceptors (Lipinski definition) is 8. The minimum Gasteiger partial charge on any atom is -0.633 e. The SMILES string of the molecule is COc1cc2c(cc1O)[C@@H](Cc1ccc(O)c(Oc3ccc(C[C@@H]4c5cc(OC)c(OC)cc5CC[N@+]4(C)[O-])cc3)c1)N(C)CC2. The molecule has 0 unspecified atom stereocenters. The molecular formula is C37H42N2O7. The van der Waals surface area contributed by atoms with Crippen molar-refractivity contribution in [2.24, 2.45) is 0 Å². The molecule has 0 aromatic heterocycles. The van der Waals surface area contributed by atoms with Crippen LogP contribution in [0, 0.1) is 5.21 Å². The van der Waals surface area contributed by atoms with Gasteiger partial charge in [0, 0.05) is 31.0 Å². The first-order chi connectivity index (χ1) is 22.1. The number of fused-ring (bicyclic) bond motifs is 2. The Kier molecular flexibility index (Phi) is 8.74. The number of methoxy groups -OCH3 is 3. The summed E-state index contributed by atoms with van der Waals surface area (Å²) in [6.07, 6.45) is 2.79. The largest absolute Gasteiger partial charge is 0.633 e. The predicted molar refractivity (Wildman–Crippen MR) is 176 cm³/mol. The van der Waals surface area contributed by atoms with E-state index in [2.05, 4.69) is 11.9 Å². The Morgan fingerprint density at radius 1 is 0.739 bits per heavy atom. The average Bonchev–Trinajstić information content (AvgIpc) is 3.05. The number of rotatable bonds is 9. The number of hydrogen-bond donors (Lipinski definition) is 2. The molecule has 0 amide bonds. The van der Waals surface area contributed by atoms with Gasteiger partial charge in [0.05, 0.1) is 34.9 Å². The molecule has 0 saturated carbocycles. The van der Waals surface area contributed by atoms with Gasteiger partial charge >= 0.3 is 0 Å². The highest BCUT2D eigenvalue weighted by atomic mass is 16.5. The van der Waals surface area contributed by atoms with Gasteiger partial charge in [0.1, 0.15) is 11.8 Å². The van der Waals surface area contributed by atoms with Crippen LogP contribution in [0.1, 0.15) is 45.5 Å². The number of hydroxylamine groups is 3. The summed E-state index contributed by atoms with van der Waals surface area (Å²) in [6, 6.07) is 20.6. The summed E-state index contributed by atoms with van der Waals surface area (Å²) >= 11 is 0. The van der Waals surface area contributed by atoms with Crippen molar-refractivity contribution < 1.29 is 33.8 Å². The van der Waals surface area contributed by atoms with Crippen LogP contribution in [0.3, 0.4) is 0 Å². The lowest BCUT2D eigenvalue weighted by Crippen LogP contribution is -2.47. The maximum Gasteiger partial charge on any atom is 0.169 e. The topological polar surface area (TPSA) is 104 Å². The molecule has 0 saturated heterocycles. The van der Waals surface area contributed by atoms with Crippen LogP contribution in [0.25, 0.3) is 0 Å². The fourth-order valence-corrected chi connectivity index (χ4v) is 6.87. The Morgan fingerprint density at radius 3 is 2.11 bits per heavy atom. The number of phenols is 2. The van der Waals surface area contributed by atoms with Gasteiger partial charge in [-0.1, -0.05) is 18.2 Å². The molecule has 9 heteroatoms. The average molecular weight is 627 g/mol. The van der Waals surface area contributed by atoms with Gasteiger partial charge in [-0.05, 0) is 96.2 Å². The van der Waals surface area contributed by atoms with Crippen molar-refractivity contribution in [1.82, 2.24) is 4.90 Å². The summed E-state index contributed by atoms with van der Waals surface area (Å²) in [6.45, 7) is 1.37. The smallest absolute Gasteiger partial charge is 0.169 e. The maximum absolute atomic E-state index is 13.6.